The standard InChI is InChI=1S/C11H13N3O/c1-2-7-15-11-6-4-3-5-9(11)10-8-12-14-13-10/h3-6,8H,2,7H2,1H3,(H,12,13,14). The van der Waals surface area contributed by atoms with Crippen LogP contribution in [0.2, 0.25) is 0 Å². The molecule has 0 bridgehead atoms. The molecule has 0 radical (unpaired) electrons. The Labute approximate surface area is 88.3 Å². The molecule has 0 saturated heterocycles. The molecule has 1 aromatic carbocycles. The molecule has 15 heavy (non-hydrogen) atoms. The van der Waals surface area contributed by atoms with E-state index in [1.807, 2.05) is 24.3 Å². The van der Waals surface area contributed by atoms with Gasteiger partial charge in [-0.25, -0.2) is 0 Å². The number of rotatable bonds is 4. The first-order valence-corrected chi connectivity index (χ1v) is 4.99. The van der Waals surface area contributed by atoms with Gasteiger partial charge in [-0.2, -0.15) is 15.4 Å². The molecule has 78 valence electrons. The lowest BCUT2D eigenvalue weighted by molar-refractivity contribution is 0.318. The number of nitrogens with one attached hydrogen (secondary N) is 1. The average molecular weight is 203 g/mol. The van der Waals surface area contributed by atoms with Crippen molar-refractivity contribution in [2.45, 2.75) is 13.3 Å². The smallest absolute Gasteiger partial charge is 0.128 e. The normalized spacial score (nSPS) is 10.2. The molecule has 0 amide bonds. The van der Waals surface area contributed by atoms with E-state index in [1.165, 1.54) is 0 Å². The van der Waals surface area contributed by atoms with Crippen molar-refractivity contribution in [3.8, 4) is 17.0 Å². The van der Waals surface area contributed by atoms with Gasteiger partial charge in [0.25, 0.3) is 0 Å². The summed E-state index contributed by atoms with van der Waals surface area (Å²) < 4.78 is 5.63. The van der Waals surface area contributed by atoms with Crippen molar-refractivity contribution in [2.75, 3.05) is 6.61 Å². The summed E-state index contributed by atoms with van der Waals surface area (Å²) in [7, 11) is 0. The fourth-order valence-electron chi connectivity index (χ4n) is 1.35. The van der Waals surface area contributed by atoms with E-state index in [0.29, 0.717) is 0 Å². The summed E-state index contributed by atoms with van der Waals surface area (Å²) in [5.41, 5.74) is 1.78. The minimum absolute atomic E-state index is 0.717. The fourth-order valence-corrected chi connectivity index (χ4v) is 1.35. The third-order valence-corrected chi connectivity index (χ3v) is 2.04. The number of hydrogen-bond donors (Lipinski definition) is 1. The van der Waals surface area contributed by atoms with E-state index in [9.17, 15) is 0 Å². The van der Waals surface area contributed by atoms with E-state index in [-0.39, 0.29) is 0 Å². The van der Waals surface area contributed by atoms with Crippen LogP contribution < -0.4 is 4.74 Å². The highest BCUT2D eigenvalue weighted by molar-refractivity contribution is 5.65. The quantitative estimate of drug-likeness (QED) is 0.829. The van der Waals surface area contributed by atoms with Gasteiger partial charge in [-0.05, 0) is 18.6 Å². The predicted molar refractivity (Wildman–Crippen MR) is 57.6 cm³/mol. The Bertz CT molecular complexity index is 412. The van der Waals surface area contributed by atoms with Crippen LogP contribution in [0.1, 0.15) is 13.3 Å². The van der Waals surface area contributed by atoms with Crippen molar-refractivity contribution < 1.29 is 4.74 Å². The summed E-state index contributed by atoms with van der Waals surface area (Å²) in [5.74, 6) is 0.855. The molecule has 0 aliphatic heterocycles. The van der Waals surface area contributed by atoms with E-state index in [4.69, 9.17) is 4.74 Å². The maximum absolute atomic E-state index is 5.63. The first-order chi connectivity index (χ1) is 7.42. The van der Waals surface area contributed by atoms with Crippen molar-refractivity contribution in [2.24, 2.45) is 0 Å². The molecular weight excluding hydrogens is 190 g/mol. The number of hydrogen-bond acceptors (Lipinski definition) is 3. The number of aromatic amines is 1. The minimum Gasteiger partial charge on any atom is -0.493 e. The van der Waals surface area contributed by atoms with Crippen molar-refractivity contribution in [3.05, 3.63) is 30.5 Å². The molecule has 2 rings (SSSR count). The first-order valence-electron chi connectivity index (χ1n) is 4.99. The molecule has 0 aliphatic rings. The lowest BCUT2D eigenvalue weighted by atomic mass is 10.1. The van der Waals surface area contributed by atoms with Crippen molar-refractivity contribution in [1.82, 2.24) is 15.4 Å². The van der Waals surface area contributed by atoms with Crippen LogP contribution >= 0.6 is 0 Å². The largest absolute Gasteiger partial charge is 0.493 e. The van der Waals surface area contributed by atoms with Gasteiger partial charge in [-0.3, -0.25) is 0 Å². The van der Waals surface area contributed by atoms with Crippen LogP contribution in [0.25, 0.3) is 11.3 Å². The Balaban J connectivity index is 2.30. The van der Waals surface area contributed by atoms with E-state index in [1.54, 1.807) is 6.20 Å². The molecule has 4 nitrogen and oxygen atoms in total. The number of H-pyrrole nitrogens is 1. The Morgan fingerprint density at radius 3 is 2.93 bits per heavy atom. The molecular formula is C11H13N3O. The van der Waals surface area contributed by atoms with Crippen LogP contribution in [0.3, 0.4) is 0 Å². The second kappa shape index (κ2) is 4.59. The minimum atomic E-state index is 0.717. The SMILES string of the molecule is CCCOc1ccccc1-c1cn[nH]n1. The van der Waals surface area contributed by atoms with Gasteiger partial charge in [0, 0.05) is 5.56 Å². The molecule has 0 unspecified atom stereocenters. The van der Waals surface area contributed by atoms with E-state index in [2.05, 4.69) is 22.3 Å². The predicted octanol–water partition coefficient (Wildman–Crippen LogP) is 2.26. The summed E-state index contributed by atoms with van der Waals surface area (Å²) in [6.07, 6.45) is 2.68. The van der Waals surface area contributed by atoms with Crippen LogP contribution in [0.4, 0.5) is 0 Å². The first kappa shape index (κ1) is 9.71. The molecule has 1 N–H and O–H groups in total. The van der Waals surface area contributed by atoms with Gasteiger partial charge in [0.2, 0.25) is 0 Å². The molecule has 0 spiro atoms. The second-order valence-electron chi connectivity index (χ2n) is 3.20. The van der Waals surface area contributed by atoms with Crippen molar-refractivity contribution in [1.29, 1.82) is 0 Å². The van der Waals surface area contributed by atoms with Crippen LogP contribution in [0.5, 0.6) is 5.75 Å². The maximum Gasteiger partial charge on any atom is 0.128 e. The van der Waals surface area contributed by atoms with Crippen molar-refractivity contribution >= 4 is 0 Å². The third kappa shape index (κ3) is 2.15. The molecule has 0 saturated carbocycles. The highest BCUT2D eigenvalue weighted by Gasteiger charge is 2.07. The van der Waals surface area contributed by atoms with Crippen LogP contribution in [0.15, 0.2) is 30.5 Å². The number of para-hydroxylation sites is 1. The number of nitrogens with zero attached hydrogens (tertiary/aromatic N) is 2. The highest BCUT2D eigenvalue weighted by Crippen LogP contribution is 2.27. The molecule has 1 heterocycles. The van der Waals surface area contributed by atoms with Gasteiger partial charge in [0.1, 0.15) is 11.4 Å². The van der Waals surface area contributed by atoms with E-state index < -0.39 is 0 Å². The summed E-state index contributed by atoms with van der Waals surface area (Å²) in [6, 6.07) is 7.83. The second-order valence-corrected chi connectivity index (χ2v) is 3.20. The van der Waals surface area contributed by atoms with Gasteiger partial charge >= 0.3 is 0 Å². The Hall–Kier alpha value is -1.84. The summed E-state index contributed by atoms with van der Waals surface area (Å²) in [4.78, 5) is 0. The zero-order chi connectivity index (χ0) is 10.5. The van der Waals surface area contributed by atoms with Gasteiger partial charge in [0.05, 0.1) is 12.8 Å². The lowest BCUT2D eigenvalue weighted by Crippen LogP contribution is -1.96. The topological polar surface area (TPSA) is 50.8 Å². The number of aromatic nitrogens is 3. The number of ether oxygens (including phenoxy) is 1. The van der Waals surface area contributed by atoms with Gasteiger partial charge in [-0.15, -0.1) is 0 Å². The van der Waals surface area contributed by atoms with Gasteiger partial charge < -0.3 is 4.74 Å². The van der Waals surface area contributed by atoms with Gasteiger partial charge in [-0.1, -0.05) is 19.1 Å². The Morgan fingerprint density at radius 1 is 1.33 bits per heavy atom. The number of benzene rings is 1. The average Bonchev–Trinajstić information content (AvgIpc) is 2.80. The zero-order valence-corrected chi connectivity index (χ0v) is 8.60. The van der Waals surface area contributed by atoms with Crippen LogP contribution in [-0.2, 0) is 0 Å². The summed E-state index contributed by atoms with van der Waals surface area (Å²) in [6.45, 7) is 2.80. The summed E-state index contributed by atoms with van der Waals surface area (Å²) >= 11 is 0. The third-order valence-electron chi connectivity index (χ3n) is 2.04. The molecule has 4 heteroatoms. The molecule has 0 aliphatic carbocycles. The summed E-state index contributed by atoms with van der Waals surface area (Å²) in [5, 5.41) is 10.4. The lowest BCUT2D eigenvalue weighted by Gasteiger charge is -2.08. The van der Waals surface area contributed by atoms with Crippen LogP contribution in [0, 0.1) is 0 Å². The molecule has 2 aromatic rings. The van der Waals surface area contributed by atoms with E-state index in [0.717, 1.165) is 30.0 Å². The van der Waals surface area contributed by atoms with E-state index >= 15 is 0 Å². The van der Waals surface area contributed by atoms with Gasteiger partial charge in [0.15, 0.2) is 0 Å². The zero-order valence-electron chi connectivity index (χ0n) is 8.60. The molecule has 0 fully saturated rings. The molecule has 0 atom stereocenters. The maximum atomic E-state index is 5.63. The Morgan fingerprint density at radius 2 is 2.20 bits per heavy atom. The Kier molecular flexibility index (Phi) is 2.97. The highest BCUT2D eigenvalue weighted by atomic mass is 16.5. The monoisotopic (exact) mass is 203 g/mol. The fraction of sp³-hybridized carbons (Fsp3) is 0.273. The van der Waals surface area contributed by atoms with Crippen LogP contribution in [-0.4, -0.2) is 22.0 Å². The molecule has 1 aromatic heterocycles. The van der Waals surface area contributed by atoms with Crippen molar-refractivity contribution in [3.63, 3.8) is 0 Å².